The number of hydrogen-bond acceptors (Lipinski definition) is 15. The maximum atomic E-state index is 13.1. The molecule has 0 aromatic rings. The highest BCUT2D eigenvalue weighted by atomic mass is 31.2. The molecule has 0 amide bonds. The lowest BCUT2D eigenvalue weighted by Gasteiger charge is -2.21. The molecule has 0 fully saturated rings. The summed E-state index contributed by atoms with van der Waals surface area (Å²) in [6, 6.07) is 0. The molecule has 5 unspecified atom stereocenters. The van der Waals surface area contributed by atoms with E-state index in [0.717, 1.165) is 167 Å². The van der Waals surface area contributed by atoms with E-state index in [-0.39, 0.29) is 25.7 Å². The molecular formula is C81H142O17P2. The first-order valence-corrected chi connectivity index (χ1v) is 42.5. The van der Waals surface area contributed by atoms with Crippen LogP contribution in [0.2, 0.25) is 0 Å². The van der Waals surface area contributed by atoms with Gasteiger partial charge in [0, 0.05) is 25.7 Å². The Kier molecular flexibility index (Phi) is 70.4. The van der Waals surface area contributed by atoms with Crippen LogP contribution < -0.4 is 0 Å². The highest BCUT2D eigenvalue weighted by Gasteiger charge is 2.30. The van der Waals surface area contributed by atoms with Crippen LogP contribution in [-0.2, 0) is 65.4 Å². The van der Waals surface area contributed by atoms with Crippen molar-refractivity contribution in [3.05, 3.63) is 97.2 Å². The number of phosphoric acid groups is 2. The smallest absolute Gasteiger partial charge is 0.462 e. The van der Waals surface area contributed by atoms with Crippen LogP contribution in [0.5, 0.6) is 0 Å². The van der Waals surface area contributed by atoms with E-state index in [1.807, 2.05) is 0 Å². The SMILES string of the molecule is CC/C=C\C/C=C\C/C=C\C/C=C\CCCCCCC(=O)OCC(COP(=O)(O)OCC(O)COP(=O)(O)OCC(COC(=O)CCCCCCC/C=C\CCCCCCCC)OC(=O)CCCCCCCCCCCCCCC)OC(=O)CCCCCCC/C=C\C/C=C\C/C=C\CC. The molecule has 0 radical (unpaired) electrons. The zero-order valence-electron chi connectivity index (χ0n) is 63.1. The molecule has 0 saturated heterocycles. The van der Waals surface area contributed by atoms with Gasteiger partial charge in [0.05, 0.1) is 26.4 Å². The van der Waals surface area contributed by atoms with Crippen molar-refractivity contribution in [3.8, 4) is 0 Å². The third-order valence-electron chi connectivity index (χ3n) is 16.5. The predicted molar refractivity (Wildman–Crippen MR) is 409 cm³/mol. The molecule has 0 aliphatic carbocycles. The van der Waals surface area contributed by atoms with E-state index >= 15 is 0 Å². The van der Waals surface area contributed by atoms with Gasteiger partial charge in [0.2, 0.25) is 0 Å². The van der Waals surface area contributed by atoms with Gasteiger partial charge in [-0.1, -0.05) is 285 Å². The molecule has 0 aliphatic heterocycles. The second kappa shape index (κ2) is 73.3. The number of esters is 4. The van der Waals surface area contributed by atoms with Crippen LogP contribution in [0.1, 0.15) is 336 Å². The van der Waals surface area contributed by atoms with E-state index in [1.165, 1.54) is 89.9 Å². The van der Waals surface area contributed by atoms with Gasteiger partial charge in [0.15, 0.2) is 12.2 Å². The third kappa shape index (κ3) is 72.3. The van der Waals surface area contributed by atoms with Crippen LogP contribution in [0.4, 0.5) is 0 Å². The van der Waals surface area contributed by atoms with Crippen LogP contribution in [0.15, 0.2) is 97.2 Å². The van der Waals surface area contributed by atoms with E-state index in [1.54, 1.807) is 0 Å². The summed E-state index contributed by atoms with van der Waals surface area (Å²) in [5, 5.41) is 10.6. The lowest BCUT2D eigenvalue weighted by atomic mass is 10.0. The number of aliphatic hydroxyl groups excluding tert-OH is 1. The van der Waals surface area contributed by atoms with E-state index in [4.69, 9.17) is 37.0 Å². The number of carbonyl (C=O) groups excluding carboxylic acids is 4. The largest absolute Gasteiger partial charge is 0.472 e. The Hall–Kier alpha value is -4.02. The average molecular weight is 1450 g/mol. The van der Waals surface area contributed by atoms with Crippen molar-refractivity contribution in [2.45, 2.75) is 354 Å². The van der Waals surface area contributed by atoms with E-state index in [0.29, 0.717) is 25.7 Å². The average Bonchev–Trinajstić information content (AvgIpc) is 1.06. The molecule has 17 nitrogen and oxygen atoms in total. The van der Waals surface area contributed by atoms with Crippen LogP contribution in [0.25, 0.3) is 0 Å². The third-order valence-corrected chi connectivity index (χ3v) is 18.4. The van der Waals surface area contributed by atoms with Gasteiger partial charge in [-0.2, -0.15) is 0 Å². The number of phosphoric ester groups is 2. The van der Waals surface area contributed by atoms with Crippen molar-refractivity contribution in [2.24, 2.45) is 0 Å². The first-order valence-electron chi connectivity index (χ1n) is 39.5. The summed E-state index contributed by atoms with van der Waals surface area (Å²) < 4.78 is 68.5. The monoisotopic (exact) mass is 1450 g/mol. The molecule has 5 atom stereocenters. The molecule has 100 heavy (non-hydrogen) atoms. The highest BCUT2D eigenvalue weighted by molar-refractivity contribution is 7.47. The molecule has 3 N–H and O–H groups in total. The van der Waals surface area contributed by atoms with Crippen molar-refractivity contribution in [2.75, 3.05) is 39.6 Å². The Bertz CT molecular complexity index is 2270. The maximum absolute atomic E-state index is 13.1. The highest BCUT2D eigenvalue weighted by Crippen LogP contribution is 2.45. The second-order valence-electron chi connectivity index (χ2n) is 26.2. The topological polar surface area (TPSA) is 237 Å². The lowest BCUT2D eigenvalue weighted by molar-refractivity contribution is -0.161. The van der Waals surface area contributed by atoms with Gasteiger partial charge < -0.3 is 33.8 Å². The van der Waals surface area contributed by atoms with Gasteiger partial charge in [-0.3, -0.25) is 37.3 Å². The molecule has 0 aromatic carbocycles. The normalized spacial score (nSPS) is 14.4. The Morgan fingerprint density at radius 2 is 0.520 bits per heavy atom. The number of hydrogen-bond donors (Lipinski definition) is 3. The summed E-state index contributed by atoms with van der Waals surface area (Å²) in [6.07, 6.45) is 76.7. The van der Waals surface area contributed by atoms with Gasteiger partial charge >= 0.3 is 39.5 Å². The number of rotatable bonds is 74. The molecule has 0 bridgehead atoms. The molecule has 0 heterocycles. The lowest BCUT2D eigenvalue weighted by Crippen LogP contribution is -2.30. The fraction of sp³-hybridized carbons (Fsp3) is 0.753. The molecular weight excluding hydrogens is 1310 g/mol. The zero-order chi connectivity index (χ0) is 73.2. The molecule has 0 spiro atoms. The molecule has 0 aliphatic rings. The maximum Gasteiger partial charge on any atom is 0.472 e. The Morgan fingerprint density at radius 3 is 0.810 bits per heavy atom. The van der Waals surface area contributed by atoms with Gasteiger partial charge in [-0.05, 0) is 122 Å². The minimum atomic E-state index is -4.98. The van der Waals surface area contributed by atoms with E-state index < -0.39 is 97.5 Å². The second-order valence-corrected chi connectivity index (χ2v) is 29.2. The standard InChI is InChI=1S/C81H142O17P2/c1-5-9-13-17-21-25-29-33-36-37-40-43-46-50-54-58-62-66-79(84)92-72-77(98-81(86)68-64-60-56-52-48-44-39-35-31-27-23-19-15-11-7-3)74-96-100(89,90)94-70-75(82)69-93-99(87,88)95-73-76(97-80(85)67-63-59-55-51-47-41-32-28-24-20-16-12-8-4)71-91-78(83)65-61-57-53-49-45-42-38-34-30-26-22-18-14-10-6-2/h9,11,13,15,21,23,25,27,33-36,38-40,43,75-77,82H,5-8,10,12,14,16-20,22,24,26,28-32,37,41-42,44-74H2,1-4H3,(H,87,88)(H,89,90)/b13-9-,15-11-,25-21-,27-23-,36-33-,38-34-,39-35-,43-40-. The number of carbonyl (C=O) groups is 4. The number of ether oxygens (including phenoxy) is 4. The van der Waals surface area contributed by atoms with Gasteiger partial charge in [0.1, 0.15) is 19.3 Å². The van der Waals surface area contributed by atoms with Crippen molar-refractivity contribution >= 4 is 39.5 Å². The number of aliphatic hydroxyl groups is 1. The molecule has 0 rings (SSSR count). The fourth-order valence-corrected chi connectivity index (χ4v) is 12.2. The van der Waals surface area contributed by atoms with Crippen LogP contribution in [-0.4, -0.2) is 96.7 Å². The van der Waals surface area contributed by atoms with Crippen LogP contribution >= 0.6 is 15.6 Å². The summed E-state index contributed by atoms with van der Waals surface area (Å²) in [7, 11) is -9.96. The Morgan fingerprint density at radius 1 is 0.290 bits per heavy atom. The minimum absolute atomic E-state index is 0.0695. The minimum Gasteiger partial charge on any atom is -0.462 e. The Labute approximate surface area is 607 Å². The molecule has 0 aromatic heterocycles. The fourth-order valence-electron chi connectivity index (χ4n) is 10.6. The summed E-state index contributed by atoms with van der Waals surface area (Å²) in [6.45, 7) is 4.63. The quantitative estimate of drug-likeness (QED) is 0.0169. The zero-order valence-corrected chi connectivity index (χ0v) is 64.9. The van der Waals surface area contributed by atoms with Crippen molar-refractivity contribution in [1.29, 1.82) is 0 Å². The van der Waals surface area contributed by atoms with Crippen LogP contribution in [0, 0.1) is 0 Å². The van der Waals surface area contributed by atoms with Crippen LogP contribution in [0.3, 0.4) is 0 Å². The van der Waals surface area contributed by atoms with Crippen molar-refractivity contribution in [3.63, 3.8) is 0 Å². The molecule has 19 heteroatoms. The molecule has 578 valence electrons. The number of allylic oxidation sites excluding steroid dienone is 16. The predicted octanol–water partition coefficient (Wildman–Crippen LogP) is 22.8. The van der Waals surface area contributed by atoms with Crippen molar-refractivity contribution < 1.29 is 80.2 Å². The number of unbranched alkanes of at least 4 members (excludes halogenated alkanes) is 32. The van der Waals surface area contributed by atoms with Gasteiger partial charge in [0.25, 0.3) is 0 Å². The van der Waals surface area contributed by atoms with Crippen molar-refractivity contribution in [1.82, 2.24) is 0 Å². The van der Waals surface area contributed by atoms with E-state index in [2.05, 4.69) is 125 Å². The van der Waals surface area contributed by atoms with E-state index in [9.17, 15) is 43.2 Å². The summed E-state index contributed by atoms with van der Waals surface area (Å²) in [4.78, 5) is 72.9. The first kappa shape index (κ1) is 96.0. The summed E-state index contributed by atoms with van der Waals surface area (Å²) in [5.41, 5.74) is 0. The summed E-state index contributed by atoms with van der Waals surface area (Å²) in [5.74, 6) is -2.21. The van der Waals surface area contributed by atoms with Gasteiger partial charge in [-0.25, -0.2) is 9.13 Å². The van der Waals surface area contributed by atoms with Gasteiger partial charge in [-0.15, -0.1) is 0 Å². The first-order chi connectivity index (χ1) is 48.7. The molecule has 0 saturated carbocycles. The Balaban J connectivity index is 5.37. The summed E-state index contributed by atoms with van der Waals surface area (Å²) >= 11 is 0.